The van der Waals surface area contributed by atoms with Crippen molar-refractivity contribution >= 4 is 0 Å². The number of benzene rings is 1. The lowest BCUT2D eigenvalue weighted by Crippen LogP contribution is -2.38. The van der Waals surface area contributed by atoms with Gasteiger partial charge in [0.1, 0.15) is 0 Å². The second-order valence-corrected chi connectivity index (χ2v) is 6.02. The molecule has 3 heteroatoms. The van der Waals surface area contributed by atoms with Gasteiger partial charge in [-0.05, 0) is 37.0 Å². The summed E-state index contributed by atoms with van der Waals surface area (Å²) in [5.41, 5.74) is 10.1. The topological polar surface area (TPSA) is 43.8 Å². The zero-order valence-electron chi connectivity index (χ0n) is 12.2. The van der Waals surface area contributed by atoms with Gasteiger partial charge in [-0.1, -0.05) is 37.5 Å². The Kier molecular flexibility index (Phi) is 3.62. The van der Waals surface area contributed by atoms with Crippen molar-refractivity contribution in [1.29, 1.82) is 0 Å². The largest absolute Gasteiger partial charge is 0.330 e. The lowest BCUT2D eigenvalue weighted by atomic mass is 9.69. The molecular formula is C17H23N3. The monoisotopic (exact) mass is 269 g/mol. The second-order valence-electron chi connectivity index (χ2n) is 6.02. The van der Waals surface area contributed by atoms with E-state index < -0.39 is 0 Å². The second kappa shape index (κ2) is 5.41. The number of hydrogen-bond donors (Lipinski definition) is 1. The van der Waals surface area contributed by atoms with Crippen molar-refractivity contribution in [1.82, 2.24) is 9.78 Å². The number of para-hydroxylation sites is 1. The molecule has 1 aliphatic rings. The molecule has 0 atom stereocenters. The third-order valence-corrected chi connectivity index (χ3v) is 4.64. The van der Waals surface area contributed by atoms with E-state index in [1.807, 2.05) is 10.9 Å². The molecule has 1 aliphatic carbocycles. The molecule has 0 bridgehead atoms. The van der Waals surface area contributed by atoms with Crippen LogP contribution in [0.25, 0.3) is 5.69 Å². The Balaban J connectivity index is 2.09. The Bertz CT molecular complexity index is 579. The van der Waals surface area contributed by atoms with Crippen LogP contribution in [-0.2, 0) is 5.41 Å². The summed E-state index contributed by atoms with van der Waals surface area (Å²) in [5.74, 6) is 0. The summed E-state index contributed by atoms with van der Waals surface area (Å²) in [5, 5.41) is 4.48. The summed E-state index contributed by atoms with van der Waals surface area (Å²) in [4.78, 5) is 0. The van der Waals surface area contributed by atoms with Gasteiger partial charge < -0.3 is 5.73 Å². The minimum atomic E-state index is 0.134. The Labute approximate surface area is 120 Å². The van der Waals surface area contributed by atoms with Crippen LogP contribution in [0.3, 0.4) is 0 Å². The van der Waals surface area contributed by atoms with E-state index in [-0.39, 0.29) is 5.41 Å². The molecule has 1 saturated carbocycles. The number of aromatic nitrogens is 2. The molecule has 0 unspecified atom stereocenters. The fourth-order valence-corrected chi connectivity index (χ4v) is 3.48. The van der Waals surface area contributed by atoms with E-state index in [1.165, 1.54) is 48.9 Å². The summed E-state index contributed by atoms with van der Waals surface area (Å²) in [6.45, 7) is 2.80. The minimum Gasteiger partial charge on any atom is -0.330 e. The van der Waals surface area contributed by atoms with E-state index in [9.17, 15) is 0 Å². The molecule has 3 rings (SSSR count). The molecule has 106 valence electrons. The number of rotatable bonds is 3. The molecule has 0 spiro atoms. The molecule has 3 nitrogen and oxygen atoms in total. The number of aryl methyl sites for hydroxylation is 1. The van der Waals surface area contributed by atoms with E-state index in [0.717, 1.165) is 6.54 Å². The maximum atomic E-state index is 6.19. The molecule has 20 heavy (non-hydrogen) atoms. The molecular weight excluding hydrogens is 246 g/mol. The Morgan fingerprint density at radius 2 is 1.95 bits per heavy atom. The van der Waals surface area contributed by atoms with Crippen LogP contribution in [0.2, 0.25) is 0 Å². The summed E-state index contributed by atoms with van der Waals surface area (Å²) in [6.07, 6.45) is 10.3. The van der Waals surface area contributed by atoms with E-state index >= 15 is 0 Å². The number of nitrogens with two attached hydrogens (primary N) is 1. The van der Waals surface area contributed by atoms with Gasteiger partial charge in [0.15, 0.2) is 0 Å². The first kappa shape index (κ1) is 13.4. The highest BCUT2D eigenvalue weighted by molar-refractivity contribution is 5.46. The molecule has 1 fully saturated rings. The average Bonchev–Trinajstić information content (AvgIpc) is 2.94. The highest BCUT2D eigenvalue weighted by Crippen LogP contribution is 2.40. The van der Waals surface area contributed by atoms with Crippen LogP contribution in [-0.4, -0.2) is 16.3 Å². The molecule has 0 radical (unpaired) electrons. The van der Waals surface area contributed by atoms with Crippen molar-refractivity contribution in [3.05, 3.63) is 47.8 Å². The fourth-order valence-electron chi connectivity index (χ4n) is 3.48. The van der Waals surface area contributed by atoms with Gasteiger partial charge in [-0.25, -0.2) is 4.68 Å². The first-order chi connectivity index (χ1) is 9.75. The van der Waals surface area contributed by atoms with Gasteiger partial charge in [-0.2, -0.15) is 5.10 Å². The van der Waals surface area contributed by atoms with E-state index in [2.05, 4.69) is 42.5 Å². The number of nitrogens with zero attached hydrogens (tertiary/aromatic N) is 2. The predicted octanol–water partition coefficient (Wildman–Crippen LogP) is 3.34. The van der Waals surface area contributed by atoms with Crippen LogP contribution >= 0.6 is 0 Å². The summed E-state index contributed by atoms with van der Waals surface area (Å²) in [7, 11) is 0. The highest BCUT2D eigenvalue weighted by atomic mass is 15.3. The third-order valence-electron chi connectivity index (χ3n) is 4.64. The standard InChI is InChI=1S/C17H23N3/c1-14-11-19-20(12-14)16-8-4-3-7-15(16)17(13-18)9-5-2-6-10-17/h3-4,7-8,11-12H,2,5-6,9-10,13,18H2,1H3. The molecule has 1 heterocycles. The van der Waals surface area contributed by atoms with Gasteiger partial charge >= 0.3 is 0 Å². The molecule has 1 aromatic carbocycles. The zero-order chi connectivity index (χ0) is 14.0. The fraction of sp³-hybridized carbons (Fsp3) is 0.471. The maximum absolute atomic E-state index is 6.19. The molecule has 0 aliphatic heterocycles. The van der Waals surface area contributed by atoms with Crippen LogP contribution in [0.15, 0.2) is 36.7 Å². The summed E-state index contributed by atoms with van der Waals surface area (Å²) in [6, 6.07) is 8.61. The van der Waals surface area contributed by atoms with E-state index in [0.29, 0.717) is 0 Å². The third kappa shape index (κ3) is 2.27. The van der Waals surface area contributed by atoms with Crippen LogP contribution in [0.5, 0.6) is 0 Å². The van der Waals surface area contributed by atoms with Crippen molar-refractivity contribution in [2.75, 3.05) is 6.54 Å². The quantitative estimate of drug-likeness (QED) is 0.928. The molecule has 2 aromatic rings. The van der Waals surface area contributed by atoms with Gasteiger partial charge in [0.05, 0.1) is 11.9 Å². The molecule has 1 aromatic heterocycles. The first-order valence-electron chi connectivity index (χ1n) is 7.56. The van der Waals surface area contributed by atoms with Gasteiger partial charge in [0.2, 0.25) is 0 Å². The Hall–Kier alpha value is -1.61. The average molecular weight is 269 g/mol. The SMILES string of the molecule is Cc1cnn(-c2ccccc2C2(CN)CCCCC2)c1. The van der Waals surface area contributed by atoms with Crippen LogP contribution in [0.4, 0.5) is 0 Å². The van der Waals surface area contributed by atoms with Crippen LogP contribution in [0.1, 0.15) is 43.2 Å². The normalized spacial score (nSPS) is 18.1. The summed E-state index contributed by atoms with van der Waals surface area (Å²) < 4.78 is 2.00. The van der Waals surface area contributed by atoms with Crippen molar-refractivity contribution in [2.45, 2.75) is 44.4 Å². The van der Waals surface area contributed by atoms with E-state index in [4.69, 9.17) is 5.73 Å². The lowest BCUT2D eigenvalue weighted by Gasteiger charge is -2.38. The van der Waals surface area contributed by atoms with Crippen LogP contribution in [0, 0.1) is 6.92 Å². The smallest absolute Gasteiger partial charge is 0.0683 e. The van der Waals surface area contributed by atoms with E-state index in [1.54, 1.807) is 0 Å². The molecule has 0 amide bonds. The van der Waals surface area contributed by atoms with Crippen molar-refractivity contribution < 1.29 is 0 Å². The lowest BCUT2D eigenvalue weighted by molar-refractivity contribution is 0.300. The van der Waals surface area contributed by atoms with Crippen LogP contribution < -0.4 is 5.73 Å². The van der Waals surface area contributed by atoms with Crippen molar-refractivity contribution in [3.8, 4) is 5.69 Å². The number of hydrogen-bond acceptors (Lipinski definition) is 2. The predicted molar refractivity (Wildman–Crippen MR) is 82.1 cm³/mol. The van der Waals surface area contributed by atoms with Crippen molar-refractivity contribution in [2.24, 2.45) is 5.73 Å². The maximum Gasteiger partial charge on any atom is 0.0683 e. The van der Waals surface area contributed by atoms with Gasteiger partial charge in [-0.3, -0.25) is 0 Å². The Morgan fingerprint density at radius 1 is 1.20 bits per heavy atom. The van der Waals surface area contributed by atoms with Crippen molar-refractivity contribution in [3.63, 3.8) is 0 Å². The molecule has 2 N–H and O–H groups in total. The van der Waals surface area contributed by atoms with Gasteiger partial charge in [0, 0.05) is 18.2 Å². The first-order valence-corrected chi connectivity index (χ1v) is 7.56. The van der Waals surface area contributed by atoms with Gasteiger partial charge in [-0.15, -0.1) is 0 Å². The Morgan fingerprint density at radius 3 is 2.60 bits per heavy atom. The molecule has 0 saturated heterocycles. The summed E-state index contributed by atoms with van der Waals surface area (Å²) >= 11 is 0. The van der Waals surface area contributed by atoms with Gasteiger partial charge in [0.25, 0.3) is 0 Å². The minimum absolute atomic E-state index is 0.134. The highest BCUT2D eigenvalue weighted by Gasteiger charge is 2.34. The zero-order valence-corrected chi connectivity index (χ0v) is 12.2.